The molecule has 0 unspecified atom stereocenters. The first-order valence-electron chi connectivity index (χ1n) is 3.51. The summed E-state index contributed by atoms with van der Waals surface area (Å²) in [4.78, 5) is 10.7. The Labute approximate surface area is 64.1 Å². The lowest BCUT2D eigenvalue weighted by molar-refractivity contribution is -0.113. The van der Waals surface area contributed by atoms with E-state index in [0.717, 1.165) is 11.6 Å². The summed E-state index contributed by atoms with van der Waals surface area (Å²) in [6.07, 6.45) is 0. The number of hydrogen-bond donors (Lipinski definition) is 0. The van der Waals surface area contributed by atoms with Crippen molar-refractivity contribution in [3.63, 3.8) is 0 Å². The molecule has 0 N–H and O–H groups in total. The number of carbonyl (C=O) groups is 1. The second kappa shape index (κ2) is 3.15. The topological polar surface area (TPSA) is 17.1 Å². The SMILES string of the molecule is C=C(C[Si](C)(C)C)C(C)=O. The zero-order chi connectivity index (χ0) is 8.36. The normalized spacial score (nSPS) is 11.2. The molecule has 0 fully saturated rings. The van der Waals surface area contributed by atoms with Crippen LogP contribution in [0.4, 0.5) is 0 Å². The average molecular weight is 156 g/mol. The summed E-state index contributed by atoms with van der Waals surface area (Å²) >= 11 is 0. The fraction of sp³-hybridized carbons (Fsp3) is 0.625. The Balaban J connectivity index is 3.93. The molecule has 0 radical (unpaired) electrons. The summed E-state index contributed by atoms with van der Waals surface area (Å²) in [5.74, 6) is 0.141. The quantitative estimate of drug-likeness (QED) is 0.453. The molecular formula is C8H16OSi. The van der Waals surface area contributed by atoms with Crippen LogP contribution in [0.25, 0.3) is 0 Å². The highest BCUT2D eigenvalue weighted by atomic mass is 28.3. The van der Waals surface area contributed by atoms with Crippen LogP contribution in [-0.2, 0) is 4.79 Å². The maximum absolute atomic E-state index is 10.7. The Morgan fingerprint density at radius 3 is 1.90 bits per heavy atom. The van der Waals surface area contributed by atoms with E-state index in [-0.39, 0.29) is 5.78 Å². The van der Waals surface area contributed by atoms with E-state index in [1.807, 2.05) is 0 Å². The molecule has 0 amide bonds. The molecule has 10 heavy (non-hydrogen) atoms. The largest absolute Gasteiger partial charge is 0.295 e. The van der Waals surface area contributed by atoms with E-state index in [1.165, 1.54) is 0 Å². The molecule has 2 heteroatoms. The zero-order valence-electron chi connectivity index (χ0n) is 7.32. The highest BCUT2D eigenvalue weighted by molar-refractivity contribution is 6.77. The first-order valence-corrected chi connectivity index (χ1v) is 7.22. The second-order valence-electron chi connectivity index (χ2n) is 3.90. The smallest absolute Gasteiger partial charge is 0.154 e. The molecule has 1 nitrogen and oxygen atoms in total. The van der Waals surface area contributed by atoms with Crippen LogP contribution in [0.3, 0.4) is 0 Å². The number of rotatable bonds is 3. The van der Waals surface area contributed by atoms with E-state index in [1.54, 1.807) is 6.92 Å². The molecule has 0 aliphatic heterocycles. The Bertz CT molecular complexity index is 153. The van der Waals surface area contributed by atoms with Crippen molar-refractivity contribution >= 4 is 13.9 Å². The summed E-state index contributed by atoms with van der Waals surface area (Å²) in [5, 5.41) is 0. The molecule has 0 bridgehead atoms. The van der Waals surface area contributed by atoms with Crippen LogP contribution < -0.4 is 0 Å². The molecule has 0 spiro atoms. The molecular weight excluding hydrogens is 140 g/mol. The molecule has 0 rings (SSSR count). The molecule has 0 heterocycles. The maximum Gasteiger partial charge on any atom is 0.154 e. The van der Waals surface area contributed by atoms with Gasteiger partial charge in [0.05, 0.1) is 0 Å². The second-order valence-corrected chi connectivity index (χ2v) is 9.37. The van der Waals surface area contributed by atoms with E-state index < -0.39 is 8.07 Å². The fourth-order valence-electron chi connectivity index (χ4n) is 0.765. The third-order valence-electron chi connectivity index (χ3n) is 1.24. The maximum atomic E-state index is 10.7. The lowest BCUT2D eigenvalue weighted by atomic mass is 10.2. The molecule has 0 atom stereocenters. The highest BCUT2D eigenvalue weighted by Gasteiger charge is 2.15. The summed E-state index contributed by atoms with van der Waals surface area (Å²) in [6, 6.07) is 0.933. The van der Waals surface area contributed by atoms with Gasteiger partial charge in [-0.25, -0.2) is 0 Å². The van der Waals surface area contributed by atoms with E-state index >= 15 is 0 Å². The van der Waals surface area contributed by atoms with Gasteiger partial charge in [0.25, 0.3) is 0 Å². The van der Waals surface area contributed by atoms with Crippen molar-refractivity contribution in [2.75, 3.05) is 0 Å². The first kappa shape index (κ1) is 9.63. The fourth-order valence-corrected chi connectivity index (χ4v) is 2.29. The summed E-state index contributed by atoms with van der Waals surface area (Å²) in [5.41, 5.74) is 0.791. The molecule has 0 aromatic rings. The van der Waals surface area contributed by atoms with Gasteiger partial charge in [0, 0.05) is 8.07 Å². The Kier molecular flexibility index (Phi) is 3.03. The average Bonchev–Trinajstić information content (AvgIpc) is 1.60. The summed E-state index contributed by atoms with van der Waals surface area (Å²) in [6.45, 7) is 12.0. The van der Waals surface area contributed by atoms with Crippen LogP contribution in [0.5, 0.6) is 0 Å². The van der Waals surface area contributed by atoms with Crippen LogP contribution in [-0.4, -0.2) is 13.9 Å². The van der Waals surface area contributed by atoms with Crippen LogP contribution in [0, 0.1) is 0 Å². The van der Waals surface area contributed by atoms with Crippen molar-refractivity contribution in [3.05, 3.63) is 12.2 Å². The van der Waals surface area contributed by atoms with Crippen molar-refractivity contribution in [1.29, 1.82) is 0 Å². The lowest BCUT2D eigenvalue weighted by Gasteiger charge is -2.15. The van der Waals surface area contributed by atoms with E-state index in [2.05, 4.69) is 26.2 Å². The molecule has 58 valence electrons. The number of hydrogen-bond acceptors (Lipinski definition) is 1. The third-order valence-corrected chi connectivity index (χ3v) is 2.73. The van der Waals surface area contributed by atoms with E-state index in [0.29, 0.717) is 0 Å². The van der Waals surface area contributed by atoms with Crippen molar-refractivity contribution in [2.24, 2.45) is 0 Å². The summed E-state index contributed by atoms with van der Waals surface area (Å²) in [7, 11) is -1.10. The number of carbonyl (C=O) groups excluding carboxylic acids is 1. The standard InChI is InChI=1S/C8H16OSi/c1-7(8(2)9)6-10(3,4)5/h1,6H2,2-5H3. The monoisotopic (exact) mass is 156 g/mol. The van der Waals surface area contributed by atoms with Crippen molar-refractivity contribution in [1.82, 2.24) is 0 Å². The van der Waals surface area contributed by atoms with E-state index in [9.17, 15) is 4.79 Å². The van der Waals surface area contributed by atoms with Gasteiger partial charge in [-0.1, -0.05) is 26.2 Å². The molecule has 0 aliphatic carbocycles. The minimum Gasteiger partial charge on any atom is -0.295 e. The minimum absolute atomic E-state index is 0.141. The Morgan fingerprint density at radius 2 is 1.80 bits per heavy atom. The van der Waals surface area contributed by atoms with Crippen molar-refractivity contribution in [3.8, 4) is 0 Å². The molecule has 0 aromatic carbocycles. The van der Waals surface area contributed by atoms with Crippen LogP contribution in [0.2, 0.25) is 25.7 Å². The third kappa shape index (κ3) is 4.50. The van der Waals surface area contributed by atoms with Gasteiger partial charge in [0.1, 0.15) is 0 Å². The van der Waals surface area contributed by atoms with Crippen LogP contribution >= 0.6 is 0 Å². The van der Waals surface area contributed by atoms with Gasteiger partial charge in [-0.2, -0.15) is 0 Å². The zero-order valence-corrected chi connectivity index (χ0v) is 8.32. The molecule has 0 aromatic heterocycles. The van der Waals surface area contributed by atoms with Crippen molar-refractivity contribution < 1.29 is 4.79 Å². The van der Waals surface area contributed by atoms with Crippen LogP contribution in [0.15, 0.2) is 12.2 Å². The van der Waals surface area contributed by atoms with Gasteiger partial charge < -0.3 is 0 Å². The van der Waals surface area contributed by atoms with Gasteiger partial charge >= 0.3 is 0 Å². The number of Topliss-reactive ketones (excluding diaryl/α,β-unsaturated/α-hetero) is 1. The van der Waals surface area contributed by atoms with Gasteiger partial charge in [0.2, 0.25) is 0 Å². The number of ketones is 1. The first-order chi connectivity index (χ1) is 4.33. The molecule has 0 aliphatic rings. The lowest BCUT2D eigenvalue weighted by Crippen LogP contribution is -2.21. The van der Waals surface area contributed by atoms with Gasteiger partial charge in [-0.05, 0) is 18.5 Å². The Hall–Kier alpha value is -0.373. The molecule has 0 saturated heterocycles. The van der Waals surface area contributed by atoms with E-state index in [4.69, 9.17) is 0 Å². The van der Waals surface area contributed by atoms with Gasteiger partial charge in [0.15, 0.2) is 5.78 Å². The summed E-state index contributed by atoms with van der Waals surface area (Å²) < 4.78 is 0. The minimum atomic E-state index is -1.10. The predicted octanol–water partition coefficient (Wildman–Crippen LogP) is 2.47. The predicted molar refractivity (Wildman–Crippen MR) is 48.0 cm³/mol. The van der Waals surface area contributed by atoms with Crippen molar-refractivity contribution in [2.45, 2.75) is 32.6 Å². The van der Waals surface area contributed by atoms with Gasteiger partial charge in [-0.3, -0.25) is 4.79 Å². The van der Waals surface area contributed by atoms with Crippen LogP contribution in [0.1, 0.15) is 6.92 Å². The number of allylic oxidation sites excluding steroid dienone is 1. The van der Waals surface area contributed by atoms with Gasteiger partial charge in [-0.15, -0.1) is 0 Å². The highest BCUT2D eigenvalue weighted by Crippen LogP contribution is 2.14. The Morgan fingerprint density at radius 1 is 1.40 bits per heavy atom. The molecule has 0 saturated carbocycles.